The number of anilines is 2. The van der Waals surface area contributed by atoms with E-state index in [0.717, 1.165) is 4.47 Å². The zero-order chi connectivity index (χ0) is 11.3. The molecule has 0 atom stereocenters. The molecule has 1 rings (SSSR count). The van der Waals surface area contributed by atoms with Gasteiger partial charge in [0, 0.05) is 19.8 Å². The van der Waals surface area contributed by atoms with Gasteiger partial charge in [0.25, 0.3) is 0 Å². The van der Waals surface area contributed by atoms with Crippen LogP contribution in [0.25, 0.3) is 0 Å². The monoisotopic (exact) mass is 270 g/mol. The molecule has 0 saturated carbocycles. The van der Waals surface area contributed by atoms with Crippen LogP contribution in [0.3, 0.4) is 0 Å². The van der Waals surface area contributed by atoms with Gasteiger partial charge in [-0.15, -0.1) is 0 Å². The van der Waals surface area contributed by atoms with Crippen molar-refractivity contribution in [1.29, 1.82) is 5.26 Å². The van der Waals surface area contributed by atoms with Crippen LogP contribution in [0, 0.1) is 11.3 Å². The summed E-state index contributed by atoms with van der Waals surface area (Å²) >= 11 is 3.33. The molecule has 6 nitrogen and oxygen atoms in total. The van der Waals surface area contributed by atoms with Crippen molar-refractivity contribution in [3.05, 3.63) is 10.7 Å². The van der Waals surface area contributed by atoms with Gasteiger partial charge in [-0.05, 0) is 15.9 Å². The van der Waals surface area contributed by atoms with Crippen molar-refractivity contribution < 1.29 is 0 Å². The first-order valence-corrected chi connectivity index (χ1v) is 5.05. The number of nitrogens with one attached hydrogen (secondary N) is 1. The predicted molar refractivity (Wildman–Crippen MR) is 61.0 cm³/mol. The fourth-order valence-corrected chi connectivity index (χ4v) is 1.51. The highest BCUT2D eigenvalue weighted by molar-refractivity contribution is 9.10. The summed E-state index contributed by atoms with van der Waals surface area (Å²) in [5, 5.41) is 8.48. The molecule has 0 saturated heterocycles. The van der Waals surface area contributed by atoms with E-state index in [1.165, 1.54) is 0 Å². The minimum absolute atomic E-state index is 0.344. The third-order valence-electron chi connectivity index (χ3n) is 1.78. The molecule has 0 fully saturated rings. The summed E-state index contributed by atoms with van der Waals surface area (Å²) in [6.07, 6.45) is 2.05. The highest BCUT2D eigenvalue weighted by Gasteiger charge is 2.08. The van der Waals surface area contributed by atoms with Gasteiger partial charge in [0.2, 0.25) is 5.95 Å². The Morgan fingerprint density at radius 2 is 2.47 bits per heavy atom. The normalized spacial score (nSPS) is 9.47. The Morgan fingerprint density at radius 3 is 3.07 bits per heavy atom. The summed E-state index contributed by atoms with van der Waals surface area (Å²) in [4.78, 5) is 9.96. The smallest absolute Gasteiger partial charge is 0.239 e. The lowest BCUT2D eigenvalue weighted by Gasteiger charge is -2.18. The van der Waals surface area contributed by atoms with Crippen LogP contribution in [0.2, 0.25) is 0 Å². The molecule has 0 radical (unpaired) electrons. The molecule has 0 aromatic carbocycles. The molecule has 7 heteroatoms. The van der Waals surface area contributed by atoms with Gasteiger partial charge in [-0.2, -0.15) is 10.2 Å². The lowest BCUT2D eigenvalue weighted by molar-refractivity contribution is 0.875. The molecule has 0 unspecified atom stereocenters. The Labute approximate surface area is 96.2 Å². The average molecular weight is 271 g/mol. The van der Waals surface area contributed by atoms with Crippen LogP contribution < -0.4 is 16.2 Å². The second-order valence-electron chi connectivity index (χ2n) is 2.84. The molecule has 0 aliphatic rings. The van der Waals surface area contributed by atoms with E-state index in [1.54, 1.807) is 6.20 Å². The average Bonchev–Trinajstić information content (AvgIpc) is 2.26. The molecule has 0 aliphatic carbocycles. The number of hydrogen-bond acceptors (Lipinski definition) is 6. The summed E-state index contributed by atoms with van der Waals surface area (Å²) < 4.78 is 0.766. The van der Waals surface area contributed by atoms with Gasteiger partial charge < -0.3 is 4.90 Å². The maximum atomic E-state index is 8.48. The van der Waals surface area contributed by atoms with Gasteiger partial charge in [0.05, 0.1) is 17.0 Å². The summed E-state index contributed by atoms with van der Waals surface area (Å²) in [7, 11) is 1.85. The number of nitrogens with zero attached hydrogens (tertiary/aromatic N) is 4. The maximum Gasteiger partial charge on any atom is 0.239 e. The van der Waals surface area contributed by atoms with E-state index >= 15 is 0 Å². The highest BCUT2D eigenvalue weighted by atomic mass is 79.9. The van der Waals surface area contributed by atoms with Gasteiger partial charge in [0.15, 0.2) is 0 Å². The quantitative estimate of drug-likeness (QED) is 0.623. The molecule has 1 aromatic rings. The van der Waals surface area contributed by atoms with Gasteiger partial charge in [0.1, 0.15) is 5.82 Å². The van der Waals surface area contributed by atoms with E-state index in [0.29, 0.717) is 24.7 Å². The van der Waals surface area contributed by atoms with Crippen LogP contribution in [-0.2, 0) is 0 Å². The zero-order valence-corrected chi connectivity index (χ0v) is 9.82. The first-order valence-electron chi connectivity index (χ1n) is 4.26. The van der Waals surface area contributed by atoms with Crippen LogP contribution in [0.1, 0.15) is 6.42 Å². The Morgan fingerprint density at radius 1 is 1.73 bits per heavy atom. The lowest BCUT2D eigenvalue weighted by atomic mass is 10.4. The molecule has 1 heterocycles. The molecule has 3 N–H and O–H groups in total. The van der Waals surface area contributed by atoms with E-state index in [2.05, 4.69) is 37.4 Å². The summed E-state index contributed by atoms with van der Waals surface area (Å²) in [6.45, 7) is 0.607. The number of rotatable bonds is 4. The largest absolute Gasteiger partial charge is 0.358 e. The first kappa shape index (κ1) is 11.7. The van der Waals surface area contributed by atoms with Crippen LogP contribution >= 0.6 is 15.9 Å². The fraction of sp³-hybridized carbons (Fsp3) is 0.375. The predicted octanol–water partition coefficient (Wildman–Crippen LogP) is 0.875. The summed E-state index contributed by atoms with van der Waals surface area (Å²) in [5.74, 6) is 6.25. The SMILES string of the molecule is CN(CCC#N)c1nc(NN)ncc1Br. The van der Waals surface area contributed by atoms with Gasteiger partial charge >= 0.3 is 0 Å². The maximum absolute atomic E-state index is 8.48. The van der Waals surface area contributed by atoms with E-state index in [9.17, 15) is 0 Å². The van der Waals surface area contributed by atoms with E-state index < -0.39 is 0 Å². The van der Waals surface area contributed by atoms with Gasteiger partial charge in [-0.1, -0.05) is 0 Å². The number of hydrazine groups is 1. The van der Waals surface area contributed by atoms with E-state index in [4.69, 9.17) is 11.1 Å². The Bertz CT molecular complexity index is 374. The molecular formula is C8H11BrN6. The van der Waals surface area contributed by atoms with Crippen LogP contribution in [-0.4, -0.2) is 23.6 Å². The van der Waals surface area contributed by atoms with Gasteiger partial charge in [-0.3, -0.25) is 5.43 Å². The van der Waals surface area contributed by atoms with E-state index in [1.807, 2.05) is 11.9 Å². The van der Waals surface area contributed by atoms with Crippen molar-refractivity contribution in [2.24, 2.45) is 5.84 Å². The molecular weight excluding hydrogens is 260 g/mol. The number of nitrogen functional groups attached to an aromatic ring is 1. The minimum atomic E-state index is 0.344. The Hall–Kier alpha value is -1.39. The Balaban J connectivity index is 2.87. The topological polar surface area (TPSA) is 90.9 Å². The zero-order valence-electron chi connectivity index (χ0n) is 8.24. The van der Waals surface area contributed by atoms with Crippen molar-refractivity contribution in [3.8, 4) is 6.07 Å². The number of hydrogen-bond donors (Lipinski definition) is 2. The lowest BCUT2D eigenvalue weighted by Crippen LogP contribution is -2.21. The third-order valence-corrected chi connectivity index (χ3v) is 2.33. The number of halogens is 1. The standard InChI is InChI=1S/C8H11BrN6/c1-15(4-2-3-10)7-6(9)5-12-8(13-7)14-11/h5H,2,4,11H2,1H3,(H,12,13,14). The third kappa shape index (κ3) is 3.04. The molecule has 0 bridgehead atoms. The molecule has 1 aromatic heterocycles. The van der Waals surface area contributed by atoms with Crippen molar-refractivity contribution >= 4 is 27.7 Å². The second-order valence-corrected chi connectivity index (χ2v) is 3.69. The van der Waals surface area contributed by atoms with Crippen LogP contribution in [0.4, 0.5) is 11.8 Å². The van der Waals surface area contributed by atoms with Crippen LogP contribution in [0.15, 0.2) is 10.7 Å². The molecule has 80 valence electrons. The second kappa shape index (κ2) is 5.48. The van der Waals surface area contributed by atoms with Crippen molar-refractivity contribution in [3.63, 3.8) is 0 Å². The molecule has 0 spiro atoms. The number of aromatic nitrogens is 2. The molecule has 0 aliphatic heterocycles. The summed E-state index contributed by atoms with van der Waals surface area (Å²) in [6, 6.07) is 2.08. The molecule has 15 heavy (non-hydrogen) atoms. The highest BCUT2D eigenvalue weighted by Crippen LogP contribution is 2.22. The van der Waals surface area contributed by atoms with E-state index in [-0.39, 0.29) is 0 Å². The van der Waals surface area contributed by atoms with Crippen molar-refractivity contribution in [2.75, 3.05) is 23.9 Å². The first-order chi connectivity index (χ1) is 7.19. The van der Waals surface area contributed by atoms with Crippen LogP contribution in [0.5, 0.6) is 0 Å². The summed E-state index contributed by atoms with van der Waals surface area (Å²) in [5.41, 5.74) is 2.37. The Kier molecular flexibility index (Phi) is 4.27. The fourth-order valence-electron chi connectivity index (χ4n) is 1.02. The van der Waals surface area contributed by atoms with Gasteiger partial charge in [-0.25, -0.2) is 10.8 Å². The molecule has 0 amide bonds. The number of nitriles is 1. The van der Waals surface area contributed by atoms with Crippen molar-refractivity contribution in [1.82, 2.24) is 9.97 Å². The number of nitrogens with two attached hydrogens (primary N) is 1. The van der Waals surface area contributed by atoms with Crippen molar-refractivity contribution in [2.45, 2.75) is 6.42 Å². The minimum Gasteiger partial charge on any atom is -0.358 e.